The van der Waals surface area contributed by atoms with Crippen LogP contribution in [0.1, 0.15) is 0 Å². The summed E-state index contributed by atoms with van der Waals surface area (Å²) in [5, 5.41) is 10.1. The van der Waals surface area contributed by atoms with Gasteiger partial charge in [0.15, 0.2) is 0 Å². The van der Waals surface area contributed by atoms with Gasteiger partial charge in [0.25, 0.3) is 0 Å². The summed E-state index contributed by atoms with van der Waals surface area (Å²) < 4.78 is 5.10. The van der Waals surface area contributed by atoms with E-state index in [0.717, 1.165) is 10.9 Å². The molecule has 17 heavy (non-hydrogen) atoms. The monoisotopic (exact) mass is 250 g/mol. The standard InChI is InChI=1S/C11H10N2O3S/c1-16-7-2-3-8-9(4-7)12-6-13-11(8)17-5-10(14)15/h2-4,6H,5H2,1H3,(H,14,15). The normalized spacial score (nSPS) is 10.4. The molecule has 88 valence electrons. The van der Waals surface area contributed by atoms with E-state index >= 15 is 0 Å². The van der Waals surface area contributed by atoms with Gasteiger partial charge >= 0.3 is 5.97 Å². The summed E-state index contributed by atoms with van der Waals surface area (Å²) in [5.74, 6) is -0.168. The Labute approximate surface area is 102 Å². The Morgan fingerprint density at radius 1 is 1.47 bits per heavy atom. The number of thioether (sulfide) groups is 1. The second kappa shape index (κ2) is 5.01. The highest BCUT2D eigenvalue weighted by molar-refractivity contribution is 8.00. The largest absolute Gasteiger partial charge is 0.497 e. The van der Waals surface area contributed by atoms with Gasteiger partial charge in [-0.25, -0.2) is 9.97 Å². The number of rotatable bonds is 4. The van der Waals surface area contributed by atoms with E-state index < -0.39 is 5.97 Å². The highest BCUT2D eigenvalue weighted by atomic mass is 32.2. The van der Waals surface area contributed by atoms with Crippen molar-refractivity contribution in [1.29, 1.82) is 0 Å². The van der Waals surface area contributed by atoms with Gasteiger partial charge in [-0.15, -0.1) is 0 Å². The van der Waals surface area contributed by atoms with E-state index in [9.17, 15) is 4.79 Å². The Bertz CT molecular complexity index is 559. The third-order valence-corrected chi connectivity index (χ3v) is 3.13. The number of aromatic nitrogens is 2. The van der Waals surface area contributed by atoms with Crippen molar-refractivity contribution in [2.45, 2.75) is 5.03 Å². The van der Waals surface area contributed by atoms with Crippen LogP contribution in [0.4, 0.5) is 0 Å². The van der Waals surface area contributed by atoms with Crippen LogP contribution in [0.3, 0.4) is 0 Å². The molecule has 0 atom stereocenters. The number of carboxylic acids is 1. The smallest absolute Gasteiger partial charge is 0.313 e. The minimum absolute atomic E-state index is 0.0157. The average molecular weight is 250 g/mol. The first-order valence-corrected chi connectivity index (χ1v) is 5.82. The van der Waals surface area contributed by atoms with Crippen molar-refractivity contribution >= 4 is 28.6 Å². The summed E-state index contributed by atoms with van der Waals surface area (Å²) in [7, 11) is 1.59. The second-order valence-corrected chi connectivity index (χ2v) is 4.21. The van der Waals surface area contributed by atoms with Crippen LogP contribution in [0.5, 0.6) is 5.75 Å². The number of methoxy groups -OCH3 is 1. The number of hydrogen-bond acceptors (Lipinski definition) is 5. The van der Waals surface area contributed by atoms with E-state index in [-0.39, 0.29) is 5.75 Å². The Balaban J connectivity index is 2.39. The molecule has 0 radical (unpaired) electrons. The Hall–Kier alpha value is -1.82. The van der Waals surface area contributed by atoms with Gasteiger partial charge in [-0.3, -0.25) is 4.79 Å². The van der Waals surface area contributed by atoms with Gasteiger partial charge in [0.2, 0.25) is 0 Å². The molecule has 0 saturated carbocycles. The molecule has 2 aromatic rings. The molecule has 1 N–H and O–H groups in total. The number of ether oxygens (including phenoxy) is 1. The molecule has 1 aromatic heterocycles. The van der Waals surface area contributed by atoms with Crippen LogP contribution < -0.4 is 4.74 Å². The van der Waals surface area contributed by atoms with Gasteiger partial charge in [-0.05, 0) is 12.1 Å². The summed E-state index contributed by atoms with van der Waals surface area (Å²) >= 11 is 1.18. The molecule has 0 aliphatic heterocycles. The highest BCUT2D eigenvalue weighted by Gasteiger charge is 2.07. The van der Waals surface area contributed by atoms with E-state index in [0.29, 0.717) is 10.8 Å². The lowest BCUT2D eigenvalue weighted by molar-refractivity contribution is -0.133. The van der Waals surface area contributed by atoms with Crippen molar-refractivity contribution in [2.75, 3.05) is 12.9 Å². The van der Waals surface area contributed by atoms with Gasteiger partial charge < -0.3 is 9.84 Å². The number of carbonyl (C=O) groups is 1. The lowest BCUT2D eigenvalue weighted by Crippen LogP contribution is -1.98. The molecule has 0 spiro atoms. The molecule has 5 nitrogen and oxygen atoms in total. The summed E-state index contributed by atoms with van der Waals surface area (Å²) in [5.41, 5.74) is 0.743. The lowest BCUT2D eigenvalue weighted by atomic mass is 10.2. The molecule has 0 aliphatic carbocycles. The van der Waals surface area contributed by atoms with Crippen molar-refractivity contribution < 1.29 is 14.6 Å². The van der Waals surface area contributed by atoms with Gasteiger partial charge in [-0.2, -0.15) is 0 Å². The Morgan fingerprint density at radius 2 is 2.29 bits per heavy atom. The van der Waals surface area contributed by atoms with E-state index in [4.69, 9.17) is 9.84 Å². The molecule has 0 bridgehead atoms. The molecule has 0 unspecified atom stereocenters. The maximum atomic E-state index is 10.5. The second-order valence-electron chi connectivity index (χ2n) is 3.24. The fourth-order valence-corrected chi connectivity index (χ4v) is 2.09. The average Bonchev–Trinajstić information content (AvgIpc) is 2.35. The third-order valence-electron chi connectivity index (χ3n) is 2.14. The zero-order chi connectivity index (χ0) is 12.3. The molecule has 0 saturated heterocycles. The van der Waals surface area contributed by atoms with Gasteiger partial charge in [0, 0.05) is 11.5 Å². The van der Waals surface area contributed by atoms with Crippen molar-refractivity contribution in [3.05, 3.63) is 24.5 Å². The number of fused-ring (bicyclic) bond motifs is 1. The Kier molecular flexibility index (Phi) is 3.43. The SMILES string of the molecule is COc1ccc2c(SCC(=O)O)ncnc2c1. The zero-order valence-electron chi connectivity index (χ0n) is 9.08. The molecular weight excluding hydrogens is 240 g/mol. The van der Waals surface area contributed by atoms with Crippen molar-refractivity contribution in [3.63, 3.8) is 0 Å². The van der Waals surface area contributed by atoms with Crippen LogP contribution in [0.25, 0.3) is 10.9 Å². The van der Waals surface area contributed by atoms with Crippen LogP contribution in [0, 0.1) is 0 Å². The fourth-order valence-electron chi connectivity index (χ4n) is 1.38. The number of benzene rings is 1. The number of hydrogen-bond donors (Lipinski definition) is 1. The van der Waals surface area contributed by atoms with Crippen LogP contribution >= 0.6 is 11.8 Å². The predicted molar refractivity (Wildman–Crippen MR) is 64.4 cm³/mol. The van der Waals surface area contributed by atoms with E-state index in [2.05, 4.69) is 9.97 Å². The van der Waals surface area contributed by atoms with Crippen molar-refractivity contribution in [1.82, 2.24) is 9.97 Å². The van der Waals surface area contributed by atoms with Gasteiger partial charge in [0.05, 0.1) is 18.4 Å². The van der Waals surface area contributed by atoms with Crippen LogP contribution in [-0.2, 0) is 4.79 Å². The van der Waals surface area contributed by atoms with Gasteiger partial charge in [-0.1, -0.05) is 11.8 Å². The van der Waals surface area contributed by atoms with Gasteiger partial charge in [0.1, 0.15) is 17.1 Å². The number of carboxylic acid groups (broad SMARTS) is 1. The maximum absolute atomic E-state index is 10.5. The lowest BCUT2D eigenvalue weighted by Gasteiger charge is -2.05. The minimum atomic E-state index is -0.865. The molecule has 0 aliphatic rings. The minimum Gasteiger partial charge on any atom is -0.497 e. The van der Waals surface area contributed by atoms with Crippen molar-refractivity contribution in [2.24, 2.45) is 0 Å². The van der Waals surface area contributed by atoms with E-state index in [1.165, 1.54) is 18.1 Å². The molecular formula is C11H10N2O3S. The summed E-state index contributed by atoms with van der Waals surface area (Å²) in [6.45, 7) is 0. The first-order chi connectivity index (χ1) is 8.20. The maximum Gasteiger partial charge on any atom is 0.313 e. The summed E-state index contributed by atoms with van der Waals surface area (Å²) in [4.78, 5) is 18.7. The predicted octanol–water partition coefficient (Wildman–Crippen LogP) is 1.82. The summed E-state index contributed by atoms with van der Waals surface area (Å²) in [6.07, 6.45) is 1.42. The van der Waals surface area contributed by atoms with E-state index in [1.54, 1.807) is 19.2 Å². The van der Waals surface area contributed by atoms with E-state index in [1.807, 2.05) is 6.07 Å². The number of nitrogens with zero attached hydrogens (tertiary/aromatic N) is 2. The van der Waals surface area contributed by atoms with Crippen molar-refractivity contribution in [3.8, 4) is 5.75 Å². The summed E-state index contributed by atoms with van der Waals surface area (Å²) in [6, 6.07) is 5.43. The fraction of sp³-hybridized carbons (Fsp3) is 0.182. The molecule has 1 heterocycles. The zero-order valence-corrected chi connectivity index (χ0v) is 9.90. The van der Waals surface area contributed by atoms with Crippen LogP contribution in [0.15, 0.2) is 29.6 Å². The quantitative estimate of drug-likeness (QED) is 0.659. The molecule has 2 rings (SSSR count). The first kappa shape index (κ1) is 11.7. The molecule has 6 heteroatoms. The third kappa shape index (κ3) is 2.65. The molecule has 0 fully saturated rings. The molecule has 1 aromatic carbocycles. The van der Waals surface area contributed by atoms with Crippen LogP contribution in [0.2, 0.25) is 0 Å². The van der Waals surface area contributed by atoms with Crippen LogP contribution in [-0.4, -0.2) is 33.9 Å². The topological polar surface area (TPSA) is 72.3 Å². The first-order valence-electron chi connectivity index (χ1n) is 4.84. The molecule has 0 amide bonds. The number of aliphatic carboxylic acids is 1. The Morgan fingerprint density at radius 3 is 3.00 bits per heavy atom. The highest BCUT2D eigenvalue weighted by Crippen LogP contribution is 2.26.